The van der Waals surface area contributed by atoms with Crippen LogP contribution in [0.4, 0.5) is 11.4 Å². The zero-order valence-corrected chi connectivity index (χ0v) is 16.6. The van der Waals surface area contributed by atoms with E-state index in [-0.39, 0.29) is 11.5 Å². The van der Waals surface area contributed by atoms with Gasteiger partial charge in [0.2, 0.25) is 5.75 Å². The second-order valence-electron chi connectivity index (χ2n) is 6.26. The SMILES string of the molecule is COc1ccc(C(=O)N/N=C\c2ccc(Oc3ccc([N+](=O)[O-])cc3[N+](=O)[O-])cc2)cc1. The third kappa shape index (κ3) is 5.42. The number of ether oxygens (including phenoxy) is 2. The maximum absolute atomic E-state index is 12.1. The Morgan fingerprint density at radius 1 is 0.938 bits per heavy atom. The largest absolute Gasteiger partial charge is 0.497 e. The molecule has 1 N–H and O–H groups in total. The molecule has 0 aliphatic rings. The normalized spacial score (nSPS) is 10.5. The molecule has 0 heterocycles. The summed E-state index contributed by atoms with van der Waals surface area (Å²) in [6, 6.07) is 16.0. The molecule has 0 aliphatic heterocycles. The number of rotatable bonds is 8. The van der Waals surface area contributed by atoms with E-state index in [2.05, 4.69) is 10.5 Å². The van der Waals surface area contributed by atoms with Gasteiger partial charge in [-0.05, 0) is 60.2 Å². The molecular formula is C21H16N4O7. The molecule has 3 aromatic carbocycles. The first kappa shape index (κ1) is 21.9. The van der Waals surface area contributed by atoms with Crippen molar-refractivity contribution >= 4 is 23.5 Å². The fourth-order valence-electron chi connectivity index (χ4n) is 2.57. The molecule has 0 saturated carbocycles. The van der Waals surface area contributed by atoms with Crippen LogP contribution in [0.5, 0.6) is 17.2 Å². The van der Waals surface area contributed by atoms with Crippen LogP contribution in [-0.2, 0) is 0 Å². The molecule has 32 heavy (non-hydrogen) atoms. The van der Waals surface area contributed by atoms with Gasteiger partial charge in [-0.2, -0.15) is 5.10 Å². The van der Waals surface area contributed by atoms with Crippen molar-refractivity contribution < 1.29 is 24.1 Å². The highest BCUT2D eigenvalue weighted by molar-refractivity contribution is 5.95. The predicted molar refractivity (Wildman–Crippen MR) is 114 cm³/mol. The number of hydrazone groups is 1. The van der Waals surface area contributed by atoms with Crippen molar-refractivity contribution in [3.8, 4) is 17.2 Å². The van der Waals surface area contributed by atoms with Crippen LogP contribution in [0, 0.1) is 20.2 Å². The molecule has 0 saturated heterocycles. The van der Waals surface area contributed by atoms with Gasteiger partial charge in [-0.1, -0.05) is 0 Å². The number of benzene rings is 3. The molecule has 0 aliphatic carbocycles. The first-order valence-electron chi connectivity index (χ1n) is 9.05. The maximum atomic E-state index is 12.1. The first-order valence-corrected chi connectivity index (χ1v) is 9.05. The minimum Gasteiger partial charge on any atom is -0.497 e. The number of hydrogen-bond acceptors (Lipinski definition) is 8. The molecule has 0 aromatic heterocycles. The number of non-ortho nitro benzene ring substituents is 1. The fraction of sp³-hybridized carbons (Fsp3) is 0.0476. The van der Waals surface area contributed by atoms with E-state index < -0.39 is 27.1 Å². The topological polar surface area (TPSA) is 146 Å². The van der Waals surface area contributed by atoms with Crippen molar-refractivity contribution in [3.63, 3.8) is 0 Å². The van der Waals surface area contributed by atoms with E-state index in [9.17, 15) is 25.0 Å². The second-order valence-corrected chi connectivity index (χ2v) is 6.26. The Balaban J connectivity index is 1.64. The van der Waals surface area contributed by atoms with Gasteiger partial charge < -0.3 is 9.47 Å². The van der Waals surface area contributed by atoms with Gasteiger partial charge in [0.1, 0.15) is 11.5 Å². The van der Waals surface area contributed by atoms with Gasteiger partial charge in [0.25, 0.3) is 11.6 Å². The maximum Gasteiger partial charge on any atom is 0.318 e. The quantitative estimate of drug-likeness (QED) is 0.318. The van der Waals surface area contributed by atoms with E-state index in [0.717, 1.165) is 12.1 Å². The van der Waals surface area contributed by atoms with Crippen molar-refractivity contribution in [2.45, 2.75) is 0 Å². The van der Waals surface area contributed by atoms with Crippen molar-refractivity contribution in [1.82, 2.24) is 5.43 Å². The molecule has 162 valence electrons. The van der Waals surface area contributed by atoms with E-state index in [1.54, 1.807) is 36.4 Å². The summed E-state index contributed by atoms with van der Waals surface area (Å²) >= 11 is 0. The molecule has 0 radical (unpaired) electrons. The lowest BCUT2D eigenvalue weighted by Crippen LogP contribution is -2.17. The second kappa shape index (κ2) is 9.80. The van der Waals surface area contributed by atoms with Crippen LogP contribution in [0.15, 0.2) is 71.8 Å². The Morgan fingerprint density at radius 3 is 2.19 bits per heavy atom. The number of amides is 1. The predicted octanol–water partition coefficient (Wildman–Crippen LogP) is 4.07. The highest BCUT2D eigenvalue weighted by Gasteiger charge is 2.21. The molecule has 11 nitrogen and oxygen atoms in total. The van der Waals surface area contributed by atoms with Crippen LogP contribution < -0.4 is 14.9 Å². The van der Waals surface area contributed by atoms with E-state index in [0.29, 0.717) is 16.9 Å². The molecule has 0 fully saturated rings. The molecular weight excluding hydrogens is 420 g/mol. The molecule has 0 atom stereocenters. The number of nitrogens with one attached hydrogen (secondary N) is 1. The number of nitro benzene ring substituents is 2. The minimum absolute atomic E-state index is 0.131. The first-order chi connectivity index (χ1) is 15.4. The zero-order valence-electron chi connectivity index (χ0n) is 16.6. The van der Waals surface area contributed by atoms with Crippen molar-refractivity contribution in [1.29, 1.82) is 0 Å². The van der Waals surface area contributed by atoms with Gasteiger partial charge in [0.15, 0.2) is 0 Å². The molecule has 0 bridgehead atoms. The highest BCUT2D eigenvalue weighted by Crippen LogP contribution is 2.34. The summed E-state index contributed by atoms with van der Waals surface area (Å²) in [7, 11) is 1.53. The Hall–Kier alpha value is -4.80. The van der Waals surface area contributed by atoms with Gasteiger partial charge in [-0.15, -0.1) is 0 Å². The van der Waals surface area contributed by atoms with E-state index in [4.69, 9.17) is 9.47 Å². The van der Waals surface area contributed by atoms with Gasteiger partial charge in [-0.25, -0.2) is 5.43 Å². The number of hydrogen-bond donors (Lipinski definition) is 1. The van der Waals surface area contributed by atoms with Crippen molar-refractivity contribution in [2.75, 3.05) is 7.11 Å². The van der Waals surface area contributed by atoms with E-state index in [1.165, 1.54) is 31.5 Å². The molecule has 0 spiro atoms. The lowest BCUT2D eigenvalue weighted by atomic mass is 10.2. The summed E-state index contributed by atoms with van der Waals surface area (Å²) in [5.74, 6) is 0.385. The summed E-state index contributed by atoms with van der Waals surface area (Å²) in [6.45, 7) is 0. The smallest absolute Gasteiger partial charge is 0.318 e. The van der Waals surface area contributed by atoms with Crippen molar-refractivity contribution in [3.05, 3.63) is 98.1 Å². The summed E-state index contributed by atoms with van der Waals surface area (Å²) in [4.78, 5) is 32.6. The molecule has 1 amide bonds. The number of carbonyl (C=O) groups excluding carboxylic acids is 1. The van der Waals surface area contributed by atoms with Crippen LogP contribution in [0.1, 0.15) is 15.9 Å². The van der Waals surface area contributed by atoms with Gasteiger partial charge >= 0.3 is 5.69 Å². The van der Waals surface area contributed by atoms with Crippen LogP contribution in [0.25, 0.3) is 0 Å². The monoisotopic (exact) mass is 436 g/mol. The third-order valence-corrected chi connectivity index (χ3v) is 4.19. The highest BCUT2D eigenvalue weighted by atomic mass is 16.6. The number of methoxy groups -OCH3 is 1. The number of nitro groups is 2. The minimum atomic E-state index is -0.755. The molecule has 11 heteroatoms. The number of carbonyl (C=O) groups is 1. The summed E-state index contributed by atoms with van der Waals surface area (Å²) in [5.41, 5.74) is 2.51. The zero-order chi connectivity index (χ0) is 23.1. The van der Waals surface area contributed by atoms with E-state index >= 15 is 0 Å². The molecule has 3 rings (SSSR count). The standard InChI is InChI=1S/C21H16N4O7/c1-31-17-9-4-15(5-10-17)21(26)23-22-13-14-2-7-18(8-3-14)32-20-11-6-16(24(27)28)12-19(20)25(29)30/h2-13H,1H3,(H,23,26)/b22-13-. The lowest BCUT2D eigenvalue weighted by Gasteiger charge is -2.06. The number of nitrogens with zero attached hydrogens (tertiary/aromatic N) is 3. The summed E-state index contributed by atoms with van der Waals surface area (Å²) in [6.07, 6.45) is 1.42. The van der Waals surface area contributed by atoms with Gasteiger partial charge in [-0.3, -0.25) is 25.0 Å². The Bertz CT molecular complexity index is 1180. The summed E-state index contributed by atoms with van der Waals surface area (Å²) in [5, 5.41) is 25.9. The van der Waals surface area contributed by atoms with Crippen LogP contribution >= 0.6 is 0 Å². The van der Waals surface area contributed by atoms with Crippen molar-refractivity contribution in [2.24, 2.45) is 5.10 Å². The third-order valence-electron chi connectivity index (χ3n) is 4.19. The Kier molecular flexibility index (Phi) is 6.71. The molecule has 0 unspecified atom stereocenters. The average molecular weight is 436 g/mol. The fourth-order valence-corrected chi connectivity index (χ4v) is 2.57. The van der Waals surface area contributed by atoms with Gasteiger partial charge in [0.05, 0.1) is 29.2 Å². The molecule has 3 aromatic rings. The van der Waals surface area contributed by atoms with Crippen LogP contribution in [0.2, 0.25) is 0 Å². The Morgan fingerprint density at radius 2 is 1.59 bits per heavy atom. The lowest BCUT2D eigenvalue weighted by molar-refractivity contribution is -0.394. The van der Waals surface area contributed by atoms with E-state index in [1.807, 2.05) is 0 Å². The Labute approximate surface area is 181 Å². The van der Waals surface area contributed by atoms with Crippen LogP contribution in [0.3, 0.4) is 0 Å². The summed E-state index contributed by atoms with van der Waals surface area (Å²) < 4.78 is 10.5. The van der Waals surface area contributed by atoms with Crippen LogP contribution in [-0.4, -0.2) is 29.1 Å². The average Bonchev–Trinajstić information content (AvgIpc) is 2.80. The van der Waals surface area contributed by atoms with Gasteiger partial charge in [0, 0.05) is 11.6 Å².